The van der Waals surface area contributed by atoms with Crippen LogP contribution in [0, 0.1) is 23.7 Å². The van der Waals surface area contributed by atoms with E-state index in [1.54, 1.807) is 44.9 Å². The van der Waals surface area contributed by atoms with E-state index in [9.17, 15) is 9.59 Å². The third-order valence-electron chi connectivity index (χ3n) is 17.8. The molecule has 6 fully saturated rings. The minimum atomic E-state index is 0.0779. The first-order valence-electron chi connectivity index (χ1n) is 25.4. The molecule has 2 saturated heterocycles. The highest BCUT2D eigenvalue weighted by Gasteiger charge is 2.56. The zero-order valence-electron chi connectivity index (χ0n) is 37.0. The molecule has 330 valence electrons. The maximum atomic E-state index is 13.0. The van der Waals surface area contributed by atoms with Gasteiger partial charge in [0.2, 0.25) is 11.8 Å². The Kier molecular flexibility index (Phi) is 10.8. The van der Waals surface area contributed by atoms with Crippen molar-refractivity contribution in [2.75, 3.05) is 36.8 Å². The number of nitrogens with one attached hydrogen (secondary N) is 2. The fourth-order valence-corrected chi connectivity index (χ4v) is 16.4. The smallest absolute Gasteiger partial charge is 0.226 e. The predicted molar refractivity (Wildman–Crippen MR) is 254 cm³/mol. The van der Waals surface area contributed by atoms with Crippen molar-refractivity contribution in [1.29, 1.82) is 0 Å². The molecular weight excluding hydrogens is 805 g/mol. The number of hydrogen-bond donors (Lipinski definition) is 2. The average molecular weight is 873 g/mol. The first kappa shape index (κ1) is 40.6. The van der Waals surface area contributed by atoms with E-state index in [4.69, 9.17) is 9.97 Å². The lowest BCUT2D eigenvalue weighted by Gasteiger charge is -2.59. The Bertz CT molecular complexity index is 2180. The van der Waals surface area contributed by atoms with Gasteiger partial charge in [0, 0.05) is 48.8 Å². The number of thiazole rings is 2. The number of aromatic nitrogens is 2. The van der Waals surface area contributed by atoms with Gasteiger partial charge in [0.15, 0.2) is 10.3 Å². The highest BCUT2D eigenvalue weighted by Crippen LogP contribution is 2.58. The SMILES string of the molecule is O=C(CCCCCCCCC(=O)Nc1nc2cc3c(cc2s1)C[C@@H]1[C@@H]2CCCC[C@]32CCN1CC1CC1)Nc1nc2cc3c(cc2s1)C[C@@H]1[C@@H]2CCCC[C@]32CCN1CC1CC1. The monoisotopic (exact) mass is 872 g/mol. The van der Waals surface area contributed by atoms with Gasteiger partial charge in [-0.2, -0.15) is 0 Å². The zero-order chi connectivity index (χ0) is 41.4. The quantitative estimate of drug-likeness (QED) is 0.116. The molecule has 0 radical (unpaired) electrons. The van der Waals surface area contributed by atoms with Gasteiger partial charge in [-0.15, -0.1) is 0 Å². The second-order valence-electron chi connectivity index (χ2n) is 21.6. The van der Waals surface area contributed by atoms with Crippen LogP contribution in [0.25, 0.3) is 20.4 Å². The van der Waals surface area contributed by atoms with Gasteiger partial charge in [-0.1, -0.05) is 74.0 Å². The molecule has 2 aliphatic heterocycles. The second-order valence-corrected chi connectivity index (χ2v) is 23.7. The minimum Gasteiger partial charge on any atom is -0.302 e. The number of hydrogen-bond acceptors (Lipinski definition) is 8. The van der Waals surface area contributed by atoms with E-state index < -0.39 is 0 Å². The van der Waals surface area contributed by atoms with Gasteiger partial charge in [0.25, 0.3) is 0 Å². The third-order valence-corrected chi connectivity index (χ3v) is 19.7. The maximum Gasteiger partial charge on any atom is 0.226 e. The van der Waals surface area contributed by atoms with E-state index in [1.807, 2.05) is 0 Å². The van der Waals surface area contributed by atoms with Crippen molar-refractivity contribution in [2.24, 2.45) is 23.7 Å². The summed E-state index contributed by atoms with van der Waals surface area (Å²) in [5, 5.41) is 7.83. The van der Waals surface area contributed by atoms with Gasteiger partial charge in [-0.3, -0.25) is 19.4 Å². The highest BCUT2D eigenvalue weighted by molar-refractivity contribution is 7.22. The molecule has 4 bridgehead atoms. The third kappa shape index (κ3) is 7.56. The molecule has 0 spiro atoms. The normalized spacial score (nSPS) is 30.4. The number of rotatable bonds is 15. The number of piperidine rings is 2. The summed E-state index contributed by atoms with van der Waals surface area (Å²) in [4.78, 5) is 41.8. The number of unbranched alkanes of at least 4 members (excludes halogenated alkanes) is 5. The predicted octanol–water partition coefficient (Wildman–Crippen LogP) is 11.5. The van der Waals surface area contributed by atoms with Crippen molar-refractivity contribution >= 4 is 65.2 Å². The van der Waals surface area contributed by atoms with E-state index >= 15 is 0 Å². The van der Waals surface area contributed by atoms with Crippen LogP contribution in [0.15, 0.2) is 24.3 Å². The van der Waals surface area contributed by atoms with E-state index in [-0.39, 0.29) is 11.8 Å². The molecule has 62 heavy (non-hydrogen) atoms. The van der Waals surface area contributed by atoms with Gasteiger partial charge < -0.3 is 10.6 Å². The fraction of sp³-hybridized carbons (Fsp3) is 0.692. The van der Waals surface area contributed by atoms with Crippen LogP contribution in [-0.4, -0.2) is 69.8 Å². The summed E-state index contributed by atoms with van der Waals surface area (Å²) < 4.78 is 2.44. The number of nitrogens with zero attached hydrogens (tertiary/aromatic N) is 4. The van der Waals surface area contributed by atoms with E-state index in [1.165, 1.54) is 138 Å². The van der Waals surface area contributed by atoms with Crippen LogP contribution in [-0.2, 0) is 33.3 Å². The summed E-state index contributed by atoms with van der Waals surface area (Å²) >= 11 is 3.30. The number of carbonyl (C=O) groups is 2. The van der Waals surface area contributed by atoms with Gasteiger partial charge in [-0.05, 0) is 173 Å². The molecule has 8 nitrogen and oxygen atoms in total. The Balaban J connectivity index is 0.591. The van der Waals surface area contributed by atoms with Crippen LogP contribution in [0.1, 0.15) is 164 Å². The maximum absolute atomic E-state index is 13.0. The Hall–Kier alpha value is -2.92. The van der Waals surface area contributed by atoms with E-state index in [0.717, 1.165) is 83.5 Å². The molecule has 0 unspecified atom stereocenters. The molecule has 2 aromatic heterocycles. The van der Waals surface area contributed by atoms with Crippen LogP contribution < -0.4 is 10.6 Å². The van der Waals surface area contributed by atoms with Crippen LogP contribution in [0.4, 0.5) is 10.3 Å². The molecule has 4 saturated carbocycles. The molecule has 6 aliphatic carbocycles. The van der Waals surface area contributed by atoms with Crippen LogP contribution >= 0.6 is 22.7 Å². The van der Waals surface area contributed by atoms with Crippen LogP contribution in [0.5, 0.6) is 0 Å². The second kappa shape index (κ2) is 16.5. The molecule has 2 aromatic carbocycles. The molecule has 4 aromatic rings. The number of amides is 2. The molecule has 12 rings (SSSR count). The largest absolute Gasteiger partial charge is 0.302 e. The summed E-state index contributed by atoms with van der Waals surface area (Å²) in [7, 11) is 0. The van der Waals surface area contributed by atoms with Crippen molar-refractivity contribution in [2.45, 2.75) is 177 Å². The number of benzene rings is 2. The van der Waals surface area contributed by atoms with E-state index in [0.29, 0.717) is 35.8 Å². The molecule has 2 amide bonds. The van der Waals surface area contributed by atoms with Gasteiger partial charge in [-0.25, -0.2) is 9.97 Å². The number of carbonyl (C=O) groups excluding carboxylic acids is 2. The molecule has 4 heterocycles. The van der Waals surface area contributed by atoms with Crippen molar-refractivity contribution < 1.29 is 9.59 Å². The Morgan fingerprint density at radius 3 is 1.48 bits per heavy atom. The summed E-state index contributed by atoms with van der Waals surface area (Å²) in [6.07, 6.45) is 28.7. The molecule has 2 N–H and O–H groups in total. The molecule has 10 heteroatoms. The first-order valence-corrected chi connectivity index (χ1v) is 27.0. The number of anilines is 2. The van der Waals surface area contributed by atoms with Crippen molar-refractivity contribution in [3.05, 3.63) is 46.5 Å². The van der Waals surface area contributed by atoms with Crippen molar-refractivity contribution in [3.8, 4) is 0 Å². The lowest BCUT2D eigenvalue weighted by atomic mass is 9.52. The van der Waals surface area contributed by atoms with Crippen LogP contribution in [0.3, 0.4) is 0 Å². The summed E-state index contributed by atoms with van der Waals surface area (Å²) in [5.74, 6) is 3.63. The number of fused-ring (bicyclic) bond motifs is 4. The van der Waals surface area contributed by atoms with Crippen LogP contribution in [0.2, 0.25) is 0 Å². The van der Waals surface area contributed by atoms with Gasteiger partial charge in [0.05, 0.1) is 20.4 Å². The Morgan fingerprint density at radius 2 is 1.03 bits per heavy atom. The van der Waals surface area contributed by atoms with E-state index in [2.05, 4.69) is 44.7 Å². The summed E-state index contributed by atoms with van der Waals surface area (Å²) in [6, 6.07) is 11.2. The lowest BCUT2D eigenvalue weighted by molar-refractivity contribution is -0.117. The average Bonchev–Trinajstić information content (AvgIpc) is 4.20. The van der Waals surface area contributed by atoms with Crippen molar-refractivity contribution in [1.82, 2.24) is 19.8 Å². The van der Waals surface area contributed by atoms with Gasteiger partial charge in [0.1, 0.15) is 0 Å². The molecular formula is C52H68N6O2S2. The standard InChI is InChI=1S/C52H68N6O2S2/c59-47(55-49-53-41-29-39-35(27-45(41)61-49)25-43-37-11-7-9-19-51(37,39)21-23-57(43)31-33-15-16-33)13-5-3-1-2-4-6-14-48(60)56-50-54-42-30-40-36(28-46(42)62-50)26-44-38-12-8-10-20-52(38,40)22-24-58(44)32-34-17-18-34/h27-30,33-34,37-38,43-44H,1-26,31-32H2,(H,53,55,59)(H,54,56,60)/t37-,38-,43+,44+,51+,52+/m0/s1. The Labute approximate surface area is 376 Å². The fourth-order valence-electron chi connectivity index (χ4n) is 14.5. The minimum absolute atomic E-state index is 0.0779. The summed E-state index contributed by atoms with van der Waals surface area (Å²) in [5.41, 5.74) is 9.12. The molecule has 8 aliphatic rings. The Morgan fingerprint density at radius 1 is 0.581 bits per heavy atom. The van der Waals surface area contributed by atoms with Crippen molar-refractivity contribution in [3.63, 3.8) is 0 Å². The van der Waals surface area contributed by atoms with Gasteiger partial charge >= 0.3 is 0 Å². The lowest BCUT2D eigenvalue weighted by Crippen LogP contribution is -2.61. The summed E-state index contributed by atoms with van der Waals surface area (Å²) in [6.45, 7) is 5.16. The molecule has 6 atom stereocenters. The first-order chi connectivity index (χ1) is 30.4. The number of likely N-dealkylation sites (tertiary alicyclic amines) is 2. The highest BCUT2D eigenvalue weighted by atomic mass is 32.1. The topological polar surface area (TPSA) is 90.5 Å². The zero-order valence-corrected chi connectivity index (χ0v) is 38.6.